The molecule has 0 unspecified atom stereocenters. The molecule has 0 saturated heterocycles. The average molecular weight is 327 g/mol. The average Bonchev–Trinajstić information content (AvgIpc) is 3.33. The monoisotopic (exact) mass is 326 g/mol. The van der Waals surface area contributed by atoms with Crippen molar-refractivity contribution in [3.63, 3.8) is 0 Å². The van der Waals surface area contributed by atoms with Crippen LogP contribution in [0.3, 0.4) is 0 Å². The summed E-state index contributed by atoms with van der Waals surface area (Å²) in [5.41, 5.74) is -0.342. The van der Waals surface area contributed by atoms with Crippen molar-refractivity contribution in [1.82, 2.24) is 0 Å². The smallest absolute Gasteiger partial charge is 0.261 e. The van der Waals surface area contributed by atoms with Gasteiger partial charge in [0.05, 0.1) is 12.2 Å². The van der Waals surface area contributed by atoms with E-state index in [-0.39, 0.29) is 17.2 Å². The van der Waals surface area contributed by atoms with Gasteiger partial charge in [-0.2, -0.15) is 0 Å². The van der Waals surface area contributed by atoms with Crippen molar-refractivity contribution in [2.75, 3.05) is 6.61 Å². The minimum atomic E-state index is -2.50. The lowest BCUT2D eigenvalue weighted by Crippen LogP contribution is -2.68. The fourth-order valence-electron chi connectivity index (χ4n) is 3.41. The minimum Gasteiger partial charge on any atom is -0.400 e. The predicted molar refractivity (Wildman–Crippen MR) is 97.8 cm³/mol. The van der Waals surface area contributed by atoms with Crippen LogP contribution in [-0.4, -0.2) is 25.6 Å². The van der Waals surface area contributed by atoms with Gasteiger partial charge in [-0.3, -0.25) is 0 Å². The van der Waals surface area contributed by atoms with Gasteiger partial charge in [0.25, 0.3) is 8.32 Å². The Morgan fingerprint density at radius 1 is 0.913 bits per heavy atom. The van der Waals surface area contributed by atoms with Crippen molar-refractivity contribution in [1.29, 1.82) is 0 Å². The molecule has 3 rings (SSSR count). The highest BCUT2D eigenvalue weighted by molar-refractivity contribution is 6.99. The molecule has 122 valence electrons. The second-order valence-corrected chi connectivity index (χ2v) is 11.8. The number of aliphatic hydroxyl groups is 1. The Hall–Kier alpha value is -1.42. The molecule has 0 amide bonds. The van der Waals surface area contributed by atoms with Crippen molar-refractivity contribution in [2.45, 2.75) is 44.3 Å². The third-order valence-electron chi connectivity index (χ3n) is 4.88. The summed E-state index contributed by atoms with van der Waals surface area (Å²) >= 11 is 0. The summed E-state index contributed by atoms with van der Waals surface area (Å²) in [6.07, 6.45) is 1.90. The van der Waals surface area contributed by atoms with E-state index in [0.717, 1.165) is 12.8 Å². The van der Waals surface area contributed by atoms with E-state index in [4.69, 9.17) is 4.43 Å². The summed E-state index contributed by atoms with van der Waals surface area (Å²) in [5.74, 6) is 0. The van der Waals surface area contributed by atoms with E-state index >= 15 is 0 Å². The zero-order chi connectivity index (χ0) is 16.6. The van der Waals surface area contributed by atoms with Crippen molar-refractivity contribution >= 4 is 18.7 Å². The van der Waals surface area contributed by atoms with Crippen LogP contribution in [0.5, 0.6) is 0 Å². The molecule has 0 aliphatic heterocycles. The molecule has 2 nitrogen and oxygen atoms in total. The molecule has 2 aromatic carbocycles. The van der Waals surface area contributed by atoms with Crippen LogP contribution in [0.15, 0.2) is 60.7 Å². The summed E-state index contributed by atoms with van der Waals surface area (Å²) < 4.78 is 6.91. The van der Waals surface area contributed by atoms with Crippen LogP contribution in [0.25, 0.3) is 0 Å². The third kappa shape index (κ3) is 2.89. The van der Waals surface area contributed by atoms with E-state index in [2.05, 4.69) is 81.4 Å². The molecule has 1 aliphatic carbocycles. The van der Waals surface area contributed by atoms with Crippen molar-refractivity contribution < 1.29 is 9.53 Å². The highest BCUT2D eigenvalue weighted by Gasteiger charge is 2.57. The van der Waals surface area contributed by atoms with Gasteiger partial charge >= 0.3 is 0 Å². The van der Waals surface area contributed by atoms with Gasteiger partial charge < -0.3 is 9.53 Å². The van der Waals surface area contributed by atoms with Gasteiger partial charge in [-0.05, 0) is 28.3 Å². The maximum atomic E-state index is 9.88. The summed E-state index contributed by atoms with van der Waals surface area (Å²) in [5, 5.41) is 12.4. The first-order chi connectivity index (χ1) is 10.9. The largest absolute Gasteiger partial charge is 0.400 e. The van der Waals surface area contributed by atoms with E-state index in [1.807, 2.05) is 0 Å². The molecular formula is C20H26O2Si. The number of benzene rings is 2. The molecule has 1 saturated carbocycles. The number of hydrogen-bond donors (Lipinski definition) is 1. The van der Waals surface area contributed by atoms with Gasteiger partial charge in [-0.15, -0.1) is 0 Å². The molecule has 0 radical (unpaired) electrons. The Bertz CT molecular complexity index is 603. The standard InChI is InChI=1S/C20H26O2Si/c1-19(2,3)23(17-10-6-4-7-11-17,18-12-8-5-9-13-18)22-20(16-21)14-15-20/h4-13,21H,14-16H2,1-3H3. The van der Waals surface area contributed by atoms with Crippen LogP contribution >= 0.6 is 0 Å². The molecule has 0 atom stereocenters. The van der Waals surface area contributed by atoms with Crippen LogP contribution in [0, 0.1) is 0 Å². The first-order valence-electron chi connectivity index (χ1n) is 8.36. The predicted octanol–water partition coefficient (Wildman–Crippen LogP) is 3.09. The molecule has 1 fully saturated rings. The normalized spacial score (nSPS) is 17.0. The maximum Gasteiger partial charge on any atom is 0.261 e. The Morgan fingerprint density at radius 2 is 1.35 bits per heavy atom. The molecular weight excluding hydrogens is 300 g/mol. The van der Waals surface area contributed by atoms with Crippen LogP contribution in [0.2, 0.25) is 5.04 Å². The number of rotatable bonds is 5. The first kappa shape index (κ1) is 16.4. The highest BCUT2D eigenvalue weighted by atomic mass is 28.4. The molecule has 0 spiro atoms. The zero-order valence-electron chi connectivity index (χ0n) is 14.3. The van der Waals surface area contributed by atoms with E-state index < -0.39 is 8.32 Å². The second kappa shape index (κ2) is 5.89. The third-order valence-corrected chi connectivity index (χ3v) is 10.0. The van der Waals surface area contributed by atoms with Crippen LogP contribution in [0.1, 0.15) is 33.6 Å². The SMILES string of the molecule is CC(C)(C)[Si](OC1(CO)CC1)(c1ccccc1)c1ccccc1. The summed E-state index contributed by atoms with van der Waals surface area (Å²) in [7, 11) is -2.50. The molecule has 0 bridgehead atoms. The zero-order valence-corrected chi connectivity index (χ0v) is 15.3. The first-order valence-corrected chi connectivity index (χ1v) is 10.3. The molecule has 1 N–H and O–H groups in total. The van der Waals surface area contributed by atoms with Gasteiger partial charge in [0.15, 0.2) is 0 Å². The summed E-state index contributed by atoms with van der Waals surface area (Å²) in [6.45, 7) is 6.92. The molecule has 23 heavy (non-hydrogen) atoms. The Balaban J connectivity index is 2.22. The lowest BCUT2D eigenvalue weighted by Gasteiger charge is -2.45. The lowest BCUT2D eigenvalue weighted by atomic mass is 10.2. The Kier molecular flexibility index (Phi) is 4.21. The van der Waals surface area contributed by atoms with Gasteiger partial charge in [-0.25, -0.2) is 0 Å². The van der Waals surface area contributed by atoms with Crippen LogP contribution in [-0.2, 0) is 4.43 Å². The van der Waals surface area contributed by atoms with Crippen molar-refractivity contribution in [3.8, 4) is 0 Å². The summed E-state index contributed by atoms with van der Waals surface area (Å²) in [4.78, 5) is 0. The van der Waals surface area contributed by atoms with Gasteiger partial charge in [-0.1, -0.05) is 81.4 Å². The molecule has 3 heteroatoms. The molecule has 0 heterocycles. The quantitative estimate of drug-likeness (QED) is 0.856. The topological polar surface area (TPSA) is 29.5 Å². The lowest BCUT2D eigenvalue weighted by molar-refractivity contribution is 0.0864. The highest BCUT2D eigenvalue weighted by Crippen LogP contribution is 2.47. The minimum absolute atomic E-state index is 0.0273. The van der Waals surface area contributed by atoms with E-state index in [1.165, 1.54) is 10.4 Å². The molecule has 1 aliphatic rings. The van der Waals surface area contributed by atoms with E-state index in [0.29, 0.717) is 0 Å². The maximum absolute atomic E-state index is 9.88. The second-order valence-electron chi connectivity index (χ2n) is 7.61. The molecule has 0 aromatic heterocycles. The van der Waals surface area contributed by atoms with Crippen LogP contribution in [0.4, 0.5) is 0 Å². The van der Waals surface area contributed by atoms with Gasteiger partial charge in [0, 0.05) is 0 Å². The van der Waals surface area contributed by atoms with Crippen molar-refractivity contribution in [2.24, 2.45) is 0 Å². The van der Waals surface area contributed by atoms with E-state index in [9.17, 15) is 5.11 Å². The Morgan fingerprint density at radius 3 is 1.65 bits per heavy atom. The summed E-state index contributed by atoms with van der Waals surface area (Å²) in [6, 6.07) is 21.2. The van der Waals surface area contributed by atoms with Gasteiger partial charge in [0.2, 0.25) is 0 Å². The number of hydrogen-bond acceptors (Lipinski definition) is 2. The Labute approximate surface area is 140 Å². The fourth-order valence-corrected chi connectivity index (χ4v) is 8.26. The molecule has 2 aromatic rings. The number of aliphatic hydroxyl groups excluding tert-OH is 1. The van der Waals surface area contributed by atoms with E-state index in [1.54, 1.807) is 0 Å². The fraction of sp³-hybridized carbons (Fsp3) is 0.400. The van der Waals surface area contributed by atoms with Gasteiger partial charge in [0.1, 0.15) is 0 Å². The van der Waals surface area contributed by atoms with Crippen LogP contribution < -0.4 is 10.4 Å². The van der Waals surface area contributed by atoms with Crippen molar-refractivity contribution in [3.05, 3.63) is 60.7 Å².